The fraction of sp³-hybridized carbons (Fsp3) is 0.650. The lowest BCUT2D eigenvalue weighted by molar-refractivity contribution is -0.138. The number of hydrogen-bond acceptors (Lipinski definition) is 4. The zero-order valence-electron chi connectivity index (χ0n) is 16.0. The van der Waals surface area contributed by atoms with Crippen molar-refractivity contribution < 1.29 is 4.79 Å². The highest BCUT2D eigenvalue weighted by Crippen LogP contribution is 2.35. The van der Waals surface area contributed by atoms with Crippen molar-refractivity contribution >= 4 is 27.5 Å². The third kappa shape index (κ3) is 3.26. The molecule has 2 atom stereocenters. The van der Waals surface area contributed by atoms with E-state index in [-0.39, 0.29) is 23.1 Å². The second-order valence-electron chi connectivity index (χ2n) is 8.07. The number of aromatic nitrogens is 2. The van der Waals surface area contributed by atoms with Crippen LogP contribution in [0.1, 0.15) is 56.4 Å². The Morgan fingerprint density at radius 3 is 2.85 bits per heavy atom. The number of nitrogens with zero attached hydrogens (tertiary/aromatic N) is 2. The number of hydrogen-bond donors (Lipinski definition) is 1. The molecule has 0 spiro atoms. The molecule has 0 radical (unpaired) electrons. The Kier molecular flexibility index (Phi) is 4.97. The molecule has 1 N–H and O–H groups in total. The predicted octanol–water partition coefficient (Wildman–Crippen LogP) is 2.87. The summed E-state index contributed by atoms with van der Waals surface area (Å²) in [6.45, 7) is 5.84. The largest absolute Gasteiger partial charge is 0.337 e. The predicted molar refractivity (Wildman–Crippen MR) is 107 cm³/mol. The summed E-state index contributed by atoms with van der Waals surface area (Å²) in [6, 6.07) is 0. The minimum Gasteiger partial charge on any atom is -0.337 e. The van der Waals surface area contributed by atoms with Crippen LogP contribution in [0.4, 0.5) is 0 Å². The first kappa shape index (κ1) is 18.5. The van der Waals surface area contributed by atoms with Crippen LogP contribution in [0.5, 0.6) is 0 Å². The van der Waals surface area contributed by atoms with E-state index in [9.17, 15) is 14.4 Å². The Bertz CT molecular complexity index is 987. The van der Waals surface area contributed by atoms with Crippen LogP contribution in [-0.2, 0) is 24.3 Å². The minimum atomic E-state index is -0.336. The first-order valence-electron chi connectivity index (χ1n) is 10.1. The maximum absolute atomic E-state index is 13.0. The van der Waals surface area contributed by atoms with E-state index in [1.165, 1.54) is 22.3 Å². The van der Waals surface area contributed by atoms with Gasteiger partial charge in [0.25, 0.3) is 5.56 Å². The minimum absolute atomic E-state index is 0.145. The molecular formula is C20H27N3O3S. The van der Waals surface area contributed by atoms with Gasteiger partial charge >= 0.3 is 5.69 Å². The van der Waals surface area contributed by atoms with Gasteiger partial charge in [-0.25, -0.2) is 4.79 Å². The van der Waals surface area contributed by atoms with Crippen LogP contribution in [-0.4, -0.2) is 26.9 Å². The second-order valence-corrected chi connectivity index (χ2v) is 9.18. The molecular weight excluding hydrogens is 362 g/mol. The monoisotopic (exact) mass is 389 g/mol. The number of carbonyl (C=O) groups excluding carboxylic acids is 1. The summed E-state index contributed by atoms with van der Waals surface area (Å²) in [7, 11) is 0. The summed E-state index contributed by atoms with van der Waals surface area (Å²) in [5.41, 5.74) is 0.508. The van der Waals surface area contributed by atoms with Crippen molar-refractivity contribution in [1.29, 1.82) is 0 Å². The van der Waals surface area contributed by atoms with E-state index < -0.39 is 0 Å². The van der Waals surface area contributed by atoms with E-state index in [0.29, 0.717) is 42.2 Å². The van der Waals surface area contributed by atoms with E-state index in [1.54, 1.807) is 0 Å². The molecule has 0 unspecified atom stereocenters. The normalized spacial score (nSPS) is 22.8. The average molecular weight is 390 g/mol. The topological polar surface area (TPSA) is 75.2 Å². The van der Waals surface area contributed by atoms with Gasteiger partial charge in [0, 0.05) is 23.9 Å². The quantitative estimate of drug-likeness (QED) is 0.877. The Hall–Kier alpha value is -1.89. The molecule has 0 bridgehead atoms. The highest BCUT2D eigenvalue weighted by molar-refractivity contribution is 7.18. The molecule has 2 aliphatic rings. The SMILES string of the molecule is CCCn1c(=O)[nH]c2sc3c(c2c1=O)CCN(C(=O)[C@@H]1CCC[C@H](C)C1)C3. The number of amides is 1. The Morgan fingerprint density at radius 1 is 1.30 bits per heavy atom. The fourth-order valence-corrected chi connectivity index (χ4v) is 5.89. The van der Waals surface area contributed by atoms with Crippen LogP contribution in [0.25, 0.3) is 10.2 Å². The first-order valence-corrected chi connectivity index (χ1v) is 10.9. The van der Waals surface area contributed by atoms with Crippen LogP contribution in [0.2, 0.25) is 0 Å². The molecule has 3 heterocycles. The Balaban J connectivity index is 1.64. The summed E-state index contributed by atoms with van der Waals surface area (Å²) in [5, 5.41) is 0.654. The molecule has 0 aromatic carbocycles. The molecule has 1 amide bonds. The van der Waals surface area contributed by atoms with Gasteiger partial charge in [0.1, 0.15) is 4.83 Å². The van der Waals surface area contributed by atoms with Gasteiger partial charge in [0.05, 0.1) is 11.9 Å². The van der Waals surface area contributed by atoms with Gasteiger partial charge < -0.3 is 4.90 Å². The van der Waals surface area contributed by atoms with Crippen molar-refractivity contribution in [2.24, 2.45) is 11.8 Å². The molecule has 2 aromatic rings. The second kappa shape index (κ2) is 7.26. The van der Waals surface area contributed by atoms with Crippen molar-refractivity contribution in [3.8, 4) is 0 Å². The number of nitrogens with one attached hydrogen (secondary N) is 1. The van der Waals surface area contributed by atoms with Crippen LogP contribution < -0.4 is 11.2 Å². The molecule has 0 saturated heterocycles. The van der Waals surface area contributed by atoms with Crippen molar-refractivity contribution in [3.05, 3.63) is 31.3 Å². The lowest BCUT2D eigenvalue weighted by atomic mass is 9.81. The number of fused-ring (bicyclic) bond motifs is 3. The van der Waals surface area contributed by atoms with Crippen LogP contribution in [0.3, 0.4) is 0 Å². The summed E-state index contributed by atoms with van der Waals surface area (Å²) < 4.78 is 1.30. The molecule has 2 aromatic heterocycles. The van der Waals surface area contributed by atoms with Crippen LogP contribution in [0.15, 0.2) is 9.59 Å². The number of aromatic amines is 1. The van der Waals surface area contributed by atoms with Gasteiger partial charge in [-0.15, -0.1) is 11.3 Å². The molecule has 4 rings (SSSR count). The van der Waals surface area contributed by atoms with E-state index >= 15 is 0 Å². The molecule has 1 aliphatic heterocycles. The maximum atomic E-state index is 13.0. The number of rotatable bonds is 3. The Morgan fingerprint density at radius 2 is 2.11 bits per heavy atom. The molecule has 7 heteroatoms. The van der Waals surface area contributed by atoms with Gasteiger partial charge in [-0.2, -0.15) is 0 Å². The van der Waals surface area contributed by atoms with E-state index in [2.05, 4.69) is 11.9 Å². The Labute approximate surface area is 162 Å². The van der Waals surface area contributed by atoms with Gasteiger partial charge in [-0.1, -0.05) is 26.7 Å². The van der Waals surface area contributed by atoms with Crippen molar-refractivity contribution in [3.63, 3.8) is 0 Å². The van der Waals surface area contributed by atoms with Crippen LogP contribution in [0, 0.1) is 11.8 Å². The molecule has 1 saturated carbocycles. The zero-order valence-corrected chi connectivity index (χ0v) is 16.9. The lowest BCUT2D eigenvalue weighted by Crippen LogP contribution is -2.41. The summed E-state index contributed by atoms with van der Waals surface area (Å²) in [4.78, 5) is 44.6. The summed E-state index contributed by atoms with van der Waals surface area (Å²) in [6.07, 6.45) is 5.77. The number of carbonyl (C=O) groups is 1. The first-order chi connectivity index (χ1) is 13.0. The van der Waals surface area contributed by atoms with Gasteiger partial charge in [-0.3, -0.25) is 19.1 Å². The van der Waals surface area contributed by atoms with E-state index in [4.69, 9.17) is 0 Å². The van der Waals surface area contributed by atoms with Gasteiger partial charge in [0.15, 0.2) is 0 Å². The molecule has 6 nitrogen and oxygen atoms in total. The van der Waals surface area contributed by atoms with Crippen molar-refractivity contribution in [1.82, 2.24) is 14.5 Å². The van der Waals surface area contributed by atoms with Gasteiger partial charge in [-0.05, 0) is 37.2 Å². The maximum Gasteiger partial charge on any atom is 0.329 e. The van der Waals surface area contributed by atoms with Crippen molar-refractivity contribution in [2.45, 2.75) is 65.5 Å². The third-order valence-corrected chi connectivity index (χ3v) is 7.16. The summed E-state index contributed by atoms with van der Waals surface area (Å²) >= 11 is 1.46. The summed E-state index contributed by atoms with van der Waals surface area (Å²) in [5.74, 6) is 1.03. The highest BCUT2D eigenvalue weighted by Gasteiger charge is 2.32. The lowest BCUT2D eigenvalue weighted by Gasteiger charge is -2.33. The standard InChI is InChI=1S/C20H27N3O3S/c1-3-8-23-19(25)16-14-7-9-22(11-15(14)27-17(16)21-20(23)26)18(24)13-6-4-5-12(2)10-13/h12-13H,3-11H2,1-2H3,(H,21,26)/t12-,13+/m0/s1. The number of H-pyrrole nitrogens is 1. The third-order valence-electron chi connectivity index (χ3n) is 6.03. The van der Waals surface area contributed by atoms with Crippen LogP contribution >= 0.6 is 11.3 Å². The van der Waals surface area contributed by atoms with Gasteiger partial charge in [0.2, 0.25) is 5.91 Å². The fourth-order valence-electron chi connectivity index (χ4n) is 4.64. The van der Waals surface area contributed by atoms with E-state index in [1.807, 2.05) is 11.8 Å². The van der Waals surface area contributed by atoms with Crippen molar-refractivity contribution in [2.75, 3.05) is 6.54 Å². The smallest absolute Gasteiger partial charge is 0.329 e. The number of thiophene rings is 1. The molecule has 146 valence electrons. The molecule has 1 aliphatic carbocycles. The average Bonchev–Trinajstić information content (AvgIpc) is 3.01. The zero-order chi connectivity index (χ0) is 19.1. The molecule has 1 fully saturated rings. The highest BCUT2D eigenvalue weighted by atomic mass is 32.1. The molecule has 27 heavy (non-hydrogen) atoms. The van der Waals surface area contributed by atoms with E-state index in [0.717, 1.165) is 36.1 Å².